The standard InChI is InChI=1S/C26H24F6N4O/c1-5-36-12-17-14(24(36)37)6-7-33-23(17)35-13(2)15-8-21(28)16(9-20(15)27)22-10-18(25(3,4)29)19(11-34-22)26(30,31)32/h6-11,13H,5,12H2,1-4H3,(H,33,35). The van der Waals surface area contributed by atoms with Crippen LogP contribution in [0.2, 0.25) is 0 Å². The van der Waals surface area contributed by atoms with Crippen LogP contribution in [0.4, 0.5) is 32.2 Å². The molecule has 1 unspecified atom stereocenters. The van der Waals surface area contributed by atoms with Gasteiger partial charge in [-0.3, -0.25) is 9.78 Å². The third-order valence-corrected chi connectivity index (χ3v) is 6.34. The summed E-state index contributed by atoms with van der Waals surface area (Å²) in [5.74, 6) is -1.58. The van der Waals surface area contributed by atoms with Crippen LogP contribution in [0.25, 0.3) is 11.3 Å². The highest BCUT2D eigenvalue weighted by Gasteiger charge is 2.39. The fourth-order valence-corrected chi connectivity index (χ4v) is 4.36. The number of pyridine rings is 2. The second kappa shape index (κ2) is 9.35. The number of carbonyl (C=O) groups is 1. The molecule has 1 aliphatic heterocycles. The van der Waals surface area contributed by atoms with Gasteiger partial charge in [-0.25, -0.2) is 18.2 Å². The van der Waals surface area contributed by atoms with Gasteiger partial charge in [0.05, 0.1) is 23.8 Å². The maximum atomic E-state index is 15.2. The first-order chi connectivity index (χ1) is 17.2. The van der Waals surface area contributed by atoms with Crippen molar-refractivity contribution in [3.8, 4) is 11.3 Å². The highest BCUT2D eigenvalue weighted by Crippen LogP contribution is 2.40. The zero-order valence-corrected chi connectivity index (χ0v) is 20.5. The Morgan fingerprint density at radius 2 is 1.73 bits per heavy atom. The van der Waals surface area contributed by atoms with E-state index in [1.807, 2.05) is 6.92 Å². The lowest BCUT2D eigenvalue weighted by Crippen LogP contribution is -2.22. The summed E-state index contributed by atoms with van der Waals surface area (Å²) < 4.78 is 84.9. The Kier molecular flexibility index (Phi) is 6.68. The Hall–Kier alpha value is -3.63. The molecular weight excluding hydrogens is 498 g/mol. The number of hydrogen-bond acceptors (Lipinski definition) is 4. The molecule has 0 radical (unpaired) electrons. The number of benzene rings is 1. The molecule has 37 heavy (non-hydrogen) atoms. The highest BCUT2D eigenvalue weighted by molar-refractivity contribution is 5.99. The zero-order chi connectivity index (χ0) is 27.3. The molecule has 1 atom stereocenters. The van der Waals surface area contributed by atoms with Crippen molar-refractivity contribution >= 4 is 11.7 Å². The Morgan fingerprint density at radius 3 is 2.35 bits per heavy atom. The molecule has 0 saturated carbocycles. The van der Waals surface area contributed by atoms with Crippen molar-refractivity contribution in [2.75, 3.05) is 11.9 Å². The van der Waals surface area contributed by atoms with E-state index in [1.54, 1.807) is 17.9 Å². The minimum absolute atomic E-state index is 0.0738. The number of nitrogens with one attached hydrogen (secondary N) is 1. The third-order valence-electron chi connectivity index (χ3n) is 6.34. The van der Waals surface area contributed by atoms with Gasteiger partial charge in [0.2, 0.25) is 0 Å². The topological polar surface area (TPSA) is 58.1 Å². The number of aromatic nitrogens is 2. The lowest BCUT2D eigenvalue weighted by atomic mass is 9.93. The number of fused-ring (bicyclic) bond motifs is 1. The molecule has 0 aliphatic carbocycles. The van der Waals surface area contributed by atoms with Gasteiger partial charge in [0.1, 0.15) is 23.1 Å². The van der Waals surface area contributed by atoms with E-state index in [9.17, 15) is 22.4 Å². The summed E-state index contributed by atoms with van der Waals surface area (Å²) in [6.45, 7) is 6.13. The molecule has 5 nitrogen and oxygen atoms in total. The number of alkyl halides is 4. The number of anilines is 1. The van der Waals surface area contributed by atoms with Gasteiger partial charge in [-0.05, 0) is 52.0 Å². The molecular formula is C26H24F6N4O. The van der Waals surface area contributed by atoms with E-state index < -0.39 is 46.2 Å². The van der Waals surface area contributed by atoms with Gasteiger partial charge in [0.15, 0.2) is 0 Å². The van der Waals surface area contributed by atoms with Crippen LogP contribution in [0, 0.1) is 11.6 Å². The van der Waals surface area contributed by atoms with Crippen LogP contribution in [-0.2, 0) is 18.4 Å². The van der Waals surface area contributed by atoms with E-state index in [0.29, 0.717) is 36.2 Å². The molecule has 1 aromatic carbocycles. The SMILES string of the molecule is CCN1Cc2c(ccnc2NC(C)c2cc(F)c(-c3cc(C(C)(C)F)c(C(F)(F)F)cn3)cc2F)C1=O. The van der Waals surface area contributed by atoms with Crippen LogP contribution >= 0.6 is 0 Å². The predicted molar refractivity (Wildman–Crippen MR) is 125 cm³/mol. The fraction of sp³-hybridized carbons (Fsp3) is 0.346. The molecule has 3 aromatic rings. The van der Waals surface area contributed by atoms with Gasteiger partial charge in [-0.2, -0.15) is 13.2 Å². The first-order valence-electron chi connectivity index (χ1n) is 11.5. The van der Waals surface area contributed by atoms with E-state index in [0.717, 1.165) is 32.0 Å². The molecule has 11 heteroatoms. The van der Waals surface area contributed by atoms with E-state index in [4.69, 9.17) is 0 Å². The Balaban J connectivity index is 1.68. The maximum Gasteiger partial charge on any atom is 0.418 e. The van der Waals surface area contributed by atoms with Crippen LogP contribution in [0.3, 0.4) is 0 Å². The minimum atomic E-state index is -4.87. The van der Waals surface area contributed by atoms with Crippen molar-refractivity contribution in [2.45, 2.75) is 52.1 Å². The van der Waals surface area contributed by atoms with E-state index in [-0.39, 0.29) is 17.2 Å². The third kappa shape index (κ3) is 4.99. The lowest BCUT2D eigenvalue weighted by Gasteiger charge is -2.22. The summed E-state index contributed by atoms with van der Waals surface area (Å²) >= 11 is 0. The van der Waals surface area contributed by atoms with Crippen molar-refractivity contribution in [1.29, 1.82) is 0 Å². The summed E-state index contributed by atoms with van der Waals surface area (Å²) in [6, 6.07) is 3.33. The number of rotatable bonds is 6. The van der Waals surface area contributed by atoms with Gasteiger partial charge in [-0.15, -0.1) is 0 Å². The number of carbonyl (C=O) groups excluding carboxylic acids is 1. The van der Waals surface area contributed by atoms with E-state index in [1.165, 1.54) is 6.20 Å². The molecule has 2 aromatic heterocycles. The first-order valence-corrected chi connectivity index (χ1v) is 11.5. The summed E-state index contributed by atoms with van der Waals surface area (Å²) in [5, 5.41) is 3.02. The van der Waals surface area contributed by atoms with Gasteiger partial charge in [-0.1, -0.05) is 0 Å². The summed E-state index contributed by atoms with van der Waals surface area (Å²) in [7, 11) is 0. The van der Waals surface area contributed by atoms with Crippen LogP contribution in [0.1, 0.15) is 66.3 Å². The monoisotopic (exact) mass is 522 g/mol. The average molecular weight is 522 g/mol. The molecule has 196 valence electrons. The van der Waals surface area contributed by atoms with Crippen molar-refractivity contribution in [1.82, 2.24) is 14.9 Å². The summed E-state index contributed by atoms with van der Waals surface area (Å²) in [5.41, 5.74) is -4.12. The van der Waals surface area contributed by atoms with Crippen molar-refractivity contribution < 1.29 is 31.1 Å². The van der Waals surface area contributed by atoms with Crippen LogP contribution in [0.15, 0.2) is 36.7 Å². The number of amides is 1. The Bertz CT molecular complexity index is 1370. The lowest BCUT2D eigenvalue weighted by molar-refractivity contribution is -0.139. The predicted octanol–water partition coefficient (Wildman–Crippen LogP) is 6.79. The first kappa shape index (κ1) is 26.4. The van der Waals surface area contributed by atoms with Gasteiger partial charge < -0.3 is 10.2 Å². The molecule has 1 aliphatic rings. The number of halogens is 6. The van der Waals surface area contributed by atoms with Gasteiger partial charge in [0, 0.05) is 46.8 Å². The minimum Gasteiger partial charge on any atom is -0.363 e. The van der Waals surface area contributed by atoms with Crippen molar-refractivity contribution in [2.24, 2.45) is 0 Å². The summed E-state index contributed by atoms with van der Waals surface area (Å²) in [4.78, 5) is 22.0. The molecule has 3 heterocycles. The molecule has 0 fully saturated rings. The van der Waals surface area contributed by atoms with E-state index >= 15 is 8.78 Å². The highest BCUT2D eigenvalue weighted by atomic mass is 19.4. The van der Waals surface area contributed by atoms with Crippen molar-refractivity contribution in [3.63, 3.8) is 0 Å². The maximum absolute atomic E-state index is 15.2. The van der Waals surface area contributed by atoms with Gasteiger partial charge in [0.25, 0.3) is 5.91 Å². The molecule has 0 bridgehead atoms. The summed E-state index contributed by atoms with van der Waals surface area (Å²) in [6.07, 6.45) is -3.00. The Morgan fingerprint density at radius 1 is 1.03 bits per heavy atom. The smallest absolute Gasteiger partial charge is 0.363 e. The number of nitrogens with zero attached hydrogens (tertiary/aromatic N) is 3. The molecule has 0 spiro atoms. The molecule has 4 rings (SSSR count). The van der Waals surface area contributed by atoms with Crippen molar-refractivity contribution in [3.05, 3.63) is 76.1 Å². The Labute approximate surface area is 209 Å². The normalized spacial score (nSPS) is 14.6. The molecule has 1 amide bonds. The van der Waals surface area contributed by atoms with E-state index in [2.05, 4.69) is 15.3 Å². The second-order valence-corrected chi connectivity index (χ2v) is 9.31. The molecule has 1 N–H and O–H groups in total. The second-order valence-electron chi connectivity index (χ2n) is 9.31. The van der Waals surface area contributed by atoms with Crippen LogP contribution < -0.4 is 5.32 Å². The quantitative estimate of drug-likeness (QED) is 0.362. The average Bonchev–Trinajstić information content (AvgIpc) is 3.15. The molecule has 0 saturated heterocycles. The fourth-order valence-electron chi connectivity index (χ4n) is 4.36. The number of hydrogen-bond donors (Lipinski definition) is 1. The van der Waals surface area contributed by atoms with Crippen LogP contribution in [0.5, 0.6) is 0 Å². The largest absolute Gasteiger partial charge is 0.418 e. The zero-order valence-electron chi connectivity index (χ0n) is 20.5. The van der Waals surface area contributed by atoms with Crippen LogP contribution in [-0.4, -0.2) is 27.3 Å². The van der Waals surface area contributed by atoms with Gasteiger partial charge >= 0.3 is 6.18 Å².